The third kappa shape index (κ3) is 9.91. The number of ether oxygens (including phenoxy) is 2. The van der Waals surface area contributed by atoms with E-state index in [0.717, 1.165) is 4.90 Å². The Labute approximate surface area is 149 Å². The number of nitrogens with two attached hydrogens (primary N) is 1. The molecule has 3 N–H and O–H groups in total. The van der Waals surface area contributed by atoms with Crippen molar-refractivity contribution >= 4 is 18.2 Å². The molecule has 146 valence electrons. The molecule has 0 saturated carbocycles. The average molecular weight is 360 g/mol. The van der Waals surface area contributed by atoms with E-state index in [1.165, 1.54) is 6.92 Å². The van der Waals surface area contributed by atoms with Gasteiger partial charge in [-0.25, -0.2) is 14.5 Å². The normalized spacial score (nSPS) is 14.4. The largest absolute Gasteiger partial charge is 0.480 e. The first-order valence-corrected chi connectivity index (χ1v) is 8.31. The monoisotopic (exact) mass is 360 g/mol. The predicted octanol–water partition coefficient (Wildman–Crippen LogP) is 3.13. The SMILES string of the molecule is CC(C)(C)OC(=O)N(CCCC[C@@](C)(N)C(=O)O)C(=O)OC(C)(C)C. The van der Waals surface area contributed by atoms with Gasteiger partial charge in [-0.3, -0.25) is 4.79 Å². The van der Waals surface area contributed by atoms with E-state index in [2.05, 4.69) is 0 Å². The van der Waals surface area contributed by atoms with Crippen LogP contribution in [0.25, 0.3) is 0 Å². The standard InChI is InChI=1S/C17H32N2O6/c1-15(2,3)24-13(22)19(14(23)25-16(4,5)6)11-9-8-10-17(7,18)12(20)21/h8-11,18H2,1-7H3,(H,20,21)/t17-/m1/s1. The van der Waals surface area contributed by atoms with E-state index < -0.39 is 34.9 Å². The summed E-state index contributed by atoms with van der Waals surface area (Å²) >= 11 is 0. The maximum Gasteiger partial charge on any atom is 0.419 e. The van der Waals surface area contributed by atoms with Crippen molar-refractivity contribution in [3.8, 4) is 0 Å². The maximum atomic E-state index is 12.3. The molecule has 0 aliphatic carbocycles. The summed E-state index contributed by atoms with van der Waals surface area (Å²) in [6.07, 6.45) is -0.551. The van der Waals surface area contributed by atoms with E-state index >= 15 is 0 Å². The lowest BCUT2D eigenvalue weighted by Crippen LogP contribution is -2.45. The Hall–Kier alpha value is -1.83. The van der Waals surface area contributed by atoms with E-state index in [-0.39, 0.29) is 13.0 Å². The molecule has 0 unspecified atom stereocenters. The van der Waals surface area contributed by atoms with Gasteiger partial charge < -0.3 is 20.3 Å². The highest BCUT2D eigenvalue weighted by atomic mass is 16.6. The van der Waals surface area contributed by atoms with Crippen molar-refractivity contribution in [2.24, 2.45) is 5.73 Å². The van der Waals surface area contributed by atoms with Gasteiger partial charge in [0.15, 0.2) is 0 Å². The smallest absolute Gasteiger partial charge is 0.419 e. The van der Waals surface area contributed by atoms with E-state index in [1.807, 2.05) is 0 Å². The molecule has 0 heterocycles. The van der Waals surface area contributed by atoms with E-state index in [4.69, 9.17) is 20.3 Å². The molecule has 0 fully saturated rings. The lowest BCUT2D eigenvalue weighted by atomic mass is 9.96. The summed E-state index contributed by atoms with van der Waals surface area (Å²) in [4.78, 5) is 36.4. The first-order valence-electron chi connectivity index (χ1n) is 8.31. The van der Waals surface area contributed by atoms with Crippen LogP contribution in [0.1, 0.15) is 67.7 Å². The van der Waals surface area contributed by atoms with E-state index in [1.54, 1.807) is 41.5 Å². The van der Waals surface area contributed by atoms with E-state index in [9.17, 15) is 14.4 Å². The molecule has 0 bridgehead atoms. The van der Waals surface area contributed by atoms with Gasteiger partial charge in [0.1, 0.15) is 16.7 Å². The van der Waals surface area contributed by atoms with Crippen LogP contribution < -0.4 is 5.73 Å². The third-order valence-corrected chi connectivity index (χ3v) is 3.04. The minimum atomic E-state index is -1.34. The molecular weight excluding hydrogens is 328 g/mol. The number of amides is 2. The Morgan fingerprint density at radius 1 is 0.880 bits per heavy atom. The van der Waals surface area contributed by atoms with Gasteiger partial charge in [-0.05, 0) is 67.7 Å². The Bertz CT molecular complexity index is 460. The highest BCUT2D eigenvalue weighted by Crippen LogP contribution is 2.16. The van der Waals surface area contributed by atoms with Gasteiger partial charge in [-0.2, -0.15) is 0 Å². The van der Waals surface area contributed by atoms with Crippen LogP contribution in [0.2, 0.25) is 0 Å². The minimum Gasteiger partial charge on any atom is -0.480 e. The lowest BCUT2D eigenvalue weighted by Gasteiger charge is -2.28. The Morgan fingerprint density at radius 2 is 1.28 bits per heavy atom. The predicted molar refractivity (Wildman–Crippen MR) is 93.3 cm³/mol. The van der Waals surface area contributed by atoms with Crippen molar-refractivity contribution in [2.75, 3.05) is 6.54 Å². The zero-order valence-corrected chi connectivity index (χ0v) is 16.3. The molecular formula is C17H32N2O6. The molecule has 8 nitrogen and oxygen atoms in total. The number of carbonyl (C=O) groups excluding carboxylic acids is 2. The Kier molecular flexibility index (Phi) is 7.89. The van der Waals surface area contributed by atoms with Crippen LogP contribution >= 0.6 is 0 Å². The molecule has 0 aliphatic heterocycles. The Balaban J connectivity index is 4.88. The highest BCUT2D eigenvalue weighted by molar-refractivity contribution is 5.88. The second kappa shape index (κ2) is 8.51. The quantitative estimate of drug-likeness (QED) is 0.698. The molecule has 25 heavy (non-hydrogen) atoms. The van der Waals surface area contributed by atoms with Crippen LogP contribution in [0.5, 0.6) is 0 Å². The van der Waals surface area contributed by atoms with Gasteiger partial charge in [0.05, 0.1) is 0 Å². The number of nitrogens with zero attached hydrogens (tertiary/aromatic N) is 1. The van der Waals surface area contributed by atoms with Gasteiger partial charge in [0, 0.05) is 6.54 Å². The number of rotatable bonds is 6. The van der Waals surface area contributed by atoms with Gasteiger partial charge >= 0.3 is 18.2 Å². The summed E-state index contributed by atoms with van der Waals surface area (Å²) in [6, 6.07) is 0. The highest BCUT2D eigenvalue weighted by Gasteiger charge is 2.31. The molecule has 0 radical (unpaired) electrons. The number of unbranched alkanes of at least 4 members (excludes halogenated alkanes) is 1. The number of imide groups is 1. The molecule has 8 heteroatoms. The van der Waals surface area contributed by atoms with Gasteiger partial charge in [0.2, 0.25) is 0 Å². The molecule has 0 rings (SSSR count). The fourth-order valence-electron chi connectivity index (χ4n) is 1.76. The molecule has 1 atom stereocenters. The zero-order chi connectivity index (χ0) is 20.1. The third-order valence-electron chi connectivity index (χ3n) is 3.04. The second-order valence-corrected chi connectivity index (χ2v) is 8.29. The topological polar surface area (TPSA) is 119 Å². The molecule has 0 aromatic rings. The van der Waals surface area contributed by atoms with Gasteiger partial charge in [-0.1, -0.05) is 0 Å². The summed E-state index contributed by atoms with van der Waals surface area (Å²) < 4.78 is 10.5. The summed E-state index contributed by atoms with van der Waals surface area (Å²) in [6.45, 7) is 11.7. The zero-order valence-electron chi connectivity index (χ0n) is 16.3. The minimum absolute atomic E-state index is 0.0551. The molecule has 0 spiro atoms. The molecule has 0 saturated heterocycles. The Morgan fingerprint density at radius 3 is 1.60 bits per heavy atom. The van der Waals surface area contributed by atoms with Crippen molar-refractivity contribution in [3.05, 3.63) is 0 Å². The number of carboxylic acids is 1. The summed E-state index contributed by atoms with van der Waals surface area (Å²) in [7, 11) is 0. The summed E-state index contributed by atoms with van der Waals surface area (Å²) in [5.41, 5.74) is 2.81. The first-order chi connectivity index (χ1) is 11.1. The summed E-state index contributed by atoms with van der Waals surface area (Å²) in [5.74, 6) is -1.09. The van der Waals surface area contributed by atoms with Crippen molar-refractivity contribution < 1.29 is 29.0 Å². The first kappa shape index (κ1) is 23.2. The average Bonchev–Trinajstić information content (AvgIpc) is 2.33. The van der Waals surface area contributed by atoms with Crippen LogP contribution in [-0.2, 0) is 14.3 Å². The van der Waals surface area contributed by atoms with Crippen molar-refractivity contribution in [2.45, 2.75) is 84.5 Å². The molecule has 0 aliphatic rings. The molecule has 0 aromatic heterocycles. The van der Waals surface area contributed by atoms with Crippen LogP contribution in [0.4, 0.5) is 9.59 Å². The fourth-order valence-corrected chi connectivity index (χ4v) is 1.76. The number of hydrogen-bond donors (Lipinski definition) is 2. The van der Waals surface area contributed by atoms with Crippen LogP contribution in [0.15, 0.2) is 0 Å². The number of carboxylic acid groups (broad SMARTS) is 1. The van der Waals surface area contributed by atoms with Crippen LogP contribution in [0.3, 0.4) is 0 Å². The molecule has 2 amide bonds. The van der Waals surface area contributed by atoms with Gasteiger partial charge in [0.25, 0.3) is 0 Å². The van der Waals surface area contributed by atoms with Crippen LogP contribution in [0, 0.1) is 0 Å². The number of hydrogen-bond acceptors (Lipinski definition) is 6. The lowest BCUT2D eigenvalue weighted by molar-refractivity contribution is -0.143. The van der Waals surface area contributed by atoms with Crippen molar-refractivity contribution in [1.82, 2.24) is 4.90 Å². The fraction of sp³-hybridized carbons (Fsp3) is 0.824. The van der Waals surface area contributed by atoms with E-state index in [0.29, 0.717) is 12.8 Å². The van der Waals surface area contributed by atoms with Crippen molar-refractivity contribution in [1.29, 1.82) is 0 Å². The summed E-state index contributed by atoms with van der Waals surface area (Å²) in [5, 5.41) is 9.00. The van der Waals surface area contributed by atoms with Crippen molar-refractivity contribution in [3.63, 3.8) is 0 Å². The van der Waals surface area contributed by atoms with Crippen LogP contribution in [-0.4, -0.2) is 51.4 Å². The van der Waals surface area contributed by atoms with Gasteiger partial charge in [-0.15, -0.1) is 0 Å². The maximum absolute atomic E-state index is 12.3. The number of aliphatic carboxylic acids is 1. The second-order valence-electron chi connectivity index (χ2n) is 8.29. The molecule has 0 aromatic carbocycles. The number of carbonyl (C=O) groups is 3.